The van der Waals surface area contributed by atoms with E-state index >= 15 is 0 Å². The predicted octanol–water partition coefficient (Wildman–Crippen LogP) is 5.20. The Bertz CT molecular complexity index is 1130. The lowest BCUT2D eigenvalue weighted by atomic mass is 10.2. The summed E-state index contributed by atoms with van der Waals surface area (Å²) >= 11 is 5.99. The SMILES string of the molecule is COc1cc(CN(c2ccc(Cl)cc2)S(=O)(=O)c2ccc(F)cc2C)cc(OC)c1. The second-order valence-electron chi connectivity index (χ2n) is 6.62. The van der Waals surface area contributed by atoms with Gasteiger partial charge in [-0.3, -0.25) is 4.31 Å². The average Bonchev–Trinajstić information content (AvgIpc) is 2.72. The molecule has 0 saturated carbocycles. The Balaban J connectivity index is 2.13. The van der Waals surface area contributed by atoms with Crippen LogP contribution >= 0.6 is 11.6 Å². The van der Waals surface area contributed by atoms with Gasteiger partial charge in [0, 0.05) is 11.1 Å². The number of methoxy groups -OCH3 is 2. The summed E-state index contributed by atoms with van der Waals surface area (Å²) in [4.78, 5) is 0.0220. The number of halogens is 2. The Kier molecular flexibility index (Phi) is 6.53. The maximum Gasteiger partial charge on any atom is 0.264 e. The Morgan fingerprint density at radius 1 is 0.933 bits per heavy atom. The first-order valence-electron chi connectivity index (χ1n) is 9.01. The van der Waals surface area contributed by atoms with Gasteiger partial charge in [-0.2, -0.15) is 0 Å². The second-order valence-corrected chi connectivity index (χ2v) is 8.89. The molecule has 0 saturated heterocycles. The fourth-order valence-corrected chi connectivity index (χ4v) is 4.85. The van der Waals surface area contributed by atoms with Gasteiger partial charge in [-0.15, -0.1) is 0 Å². The molecule has 3 rings (SSSR count). The van der Waals surface area contributed by atoms with Gasteiger partial charge in [0.1, 0.15) is 17.3 Å². The first kappa shape index (κ1) is 21.9. The van der Waals surface area contributed by atoms with Crippen molar-refractivity contribution in [3.8, 4) is 11.5 Å². The van der Waals surface area contributed by atoms with Gasteiger partial charge in [0.25, 0.3) is 10.0 Å². The Hall–Kier alpha value is -2.77. The van der Waals surface area contributed by atoms with E-state index in [1.807, 2.05) is 0 Å². The van der Waals surface area contributed by atoms with Gasteiger partial charge in [0.15, 0.2) is 0 Å². The molecule has 0 fully saturated rings. The largest absolute Gasteiger partial charge is 0.497 e. The van der Waals surface area contributed by atoms with Gasteiger partial charge >= 0.3 is 0 Å². The number of ether oxygens (including phenoxy) is 2. The van der Waals surface area contributed by atoms with Crippen molar-refractivity contribution in [2.24, 2.45) is 0 Å². The molecule has 3 aromatic carbocycles. The van der Waals surface area contributed by atoms with Crippen LogP contribution in [-0.4, -0.2) is 22.6 Å². The predicted molar refractivity (Wildman–Crippen MR) is 116 cm³/mol. The lowest BCUT2D eigenvalue weighted by Gasteiger charge is -2.26. The molecule has 3 aromatic rings. The molecule has 0 radical (unpaired) electrons. The van der Waals surface area contributed by atoms with E-state index < -0.39 is 15.8 Å². The quantitative estimate of drug-likeness (QED) is 0.497. The number of nitrogens with zero attached hydrogens (tertiary/aromatic N) is 1. The number of hydrogen-bond donors (Lipinski definition) is 0. The number of anilines is 1. The fraction of sp³-hybridized carbons (Fsp3) is 0.182. The topological polar surface area (TPSA) is 55.8 Å². The normalized spacial score (nSPS) is 11.2. The smallest absolute Gasteiger partial charge is 0.264 e. The van der Waals surface area contributed by atoms with Crippen molar-refractivity contribution in [1.29, 1.82) is 0 Å². The molecule has 0 amide bonds. The van der Waals surface area contributed by atoms with E-state index in [0.29, 0.717) is 33.3 Å². The van der Waals surface area contributed by atoms with Crippen molar-refractivity contribution in [2.45, 2.75) is 18.4 Å². The third-order valence-corrected chi connectivity index (χ3v) is 6.74. The molecule has 0 spiro atoms. The average molecular weight is 450 g/mol. The first-order chi connectivity index (χ1) is 14.2. The third kappa shape index (κ3) is 4.68. The van der Waals surface area contributed by atoms with Gasteiger partial charge in [0.2, 0.25) is 0 Å². The fourth-order valence-electron chi connectivity index (χ4n) is 3.07. The molecule has 0 aliphatic rings. The van der Waals surface area contributed by atoms with E-state index in [4.69, 9.17) is 21.1 Å². The molecular formula is C22H21ClFNO4S. The number of sulfonamides is 1. The molecule has 0 heterocycles. The van der Waals surface area contributed by atoms with Crippen LogP contribution in [-0.2, 0) is 16.6 Å². The Morgan fingerprint density at radius 3 is 2.07 bits per heavy atom. The summed E-state index contributed by atoms with van der Waals surface area (Å²) < 4.78 is 52.5. The second kappa shape index (κ2) is 8.93. The number of aryl methyl sites for hydroxylation is 1. The van der Waals surface area contributed by atoms with E-state index in [2.05, 4.69) is 0 Å². The monoisotopic (exact) mass is 449 g/mol. The zero-order valence-corrected chi connectivity index (χ0v) is 18.3. The molecular weight excluding hydrogens is 429 g/mol. The highest BCUT2D eigenvalue weighted by atomic mass is 35.5. The van der Waals surface area contributed by atoms with Crippen LogP contribution in [0.1, 0.15) is 11.1 Å². The molecule has 0 N–H and O–H groups in total. The maximum absolute atomic E-state index is 13.6. The lowest BCUT2D eigenvalue weighted by molar-refractivity contribution is 0.393. The molecule has 0 aromatic heterocycles. The highest BCUT2D eigenvalue weighted by molar-refractivity contribution is 7.92. The molecule has 30 heavy (non-hydrogen) atoms. The summed E-state index contributed by atoms with van der Waals surface area (Å²) in [6, 6.07) is 15.2. The summed E-state index contributed by atoms with van der Waals surface area (Å²) in [6.07, 6.45) is 0. The zero-order valence-electron chi connectivity index (χ0n) is 16.7. The molecule has 0 aliphatic heterocycles. The number of benzene rings is 3. The molecule has 0 atom stereocenters. The minimum absolute atomic E-state index is 0.00828. The van der Waals surface area contributed by atoms with Crippen molar-refractivity contribution in [3.05, 3.63) is 82.6 Å². The Morgan fingerprint density at radius 2 is 1.53 bits per heavy atom. The minimum Gasteiger partial charge on any atom is -0.497 e. The van der Waals surface area contributed by atoms with E-state index in [1.165, 1.54) is 30.7 Å². The van der Waals surface area contributed by atoms with Crippen LogP contribution in [0, 0.1) is 12.7 Å². The molecule has 0 bridgehead atoms. The first-order valence-corrected chi connectivity index (χ1v) is 10.8. The Labute approximate surface area is 180 Å². The summed E-state index contributed by atoms with van der Waals surface area (Å²) in [5.74, 6) is 0.577. The highest BCUT2D eigenvalue weighted by Crippen LogP contribution is 2.31. The maximum atomic E-state index is 13.6. The molecule has 158 valence electrons. The van der Waals surface area contributed by atoms with Crippen LogP contribution in [0.15, 0.2) is 65.6 Å². The van der Waals surface area contributed by atoms with Crippen LogP contribution in [0.2, 0.25) is 5.02 Å². The zero-order chi connectivity index (χ0) is 21.9. The van der Waals surface area contributed by atoms with Crippen LogP contribution in [0.4, 0.5) is 10.1 Å². The van der Waals surface area contributed by atoms with E-state index in [-0.39, 0.29) is 11.4 Å². The number of hydrogen-bond acceptors (Lipinski definition) is 4. The van der Waals surface area contributed by atoms with Crippen molar-refractivity contribution in [2.75, 3.05) is 18.5 Å². The summed E-state index contributed by atoms with van der Waals surface area (Å²) in [5, 5.41) is 0.483. The van der Waals surface area contributed by atoms with Crippen molar-refractivity contribution >= 4 is 27.3 Å². The van der Waals surface area contributed by atoms with Gasteiger partial charge in [-0.05, 0) is 72.6 Å². The minimum atomic E-state index is -4.01. The summed E-state index contributed by atoms with van der Waals surface area (Å²) in [5.41, 5.74) is 1.39. The molecule has 5 nitrogen and oxygen atoms in total. The van der Waals surface area contributed by atoms with Crippen LogP contribution in [0.3, 0.4) is 0 Å². The molecule has 0 unspecified atom stereocenters. The van der Waals surface area contributed by atoms with Crippen molar-refractivity contribution in [3.63, 3.8) is 0 Å². The van der Waals surface area contributed by atoms with Gasteiger partial charge in [-0.1, -0.05) is 11.6 Å². The van der Waals surface area contributed by atoms with Crippen LogP contribution in [0.25, 0.3) is 0 Å². The van der Waals surface area contributed by atoms with Crippen LogP contribution in [0.5, 0.6) is 11.5 Å². The van der Waals surface area contributed by atoms with E-state index in [1.54, 1.807) is 49.4 Å². The van der Waals surface area contributed by atoms with Gasteiger partial charge in [0.05, 0.1) is 31.3 Å². The molecule has 0 aliphatic carbocycles. The summed E-state index contributed by atoms with van der Waals surface area (Å²) in [6.45, 7) is 1.57. The lowest BCUT2D eigenvalue weighted by Crippen LogP contribution is -2.31. The van der Waals surface area contributed by atoms with E-state index in [9.17, 15) is 12.8 Å². The highest BCUT2D eigenvalue weighted by Gasteiger charge is 2.27. The summed E-state index contributed by atoms with van der Waals surface area (Å²) in [7, 11) is -0.966. The standard InChI is InChI=1S/C22H21ClFNO4S/c1-15-10-18(24)6-9-22(15)30(26,27)25(19-7-4-17(23)5-8-19)14-16-11-20(28-2)13-21(12-16)29-3/h4-13H,14H2,1-3H3. The van der Waals surface area contributed by atoms with Crippen molar-refractivity contribution < 1.29 is 22.3 Å². The number of rotatable bonds is 7. The van der Waals surface area contributed by atoms with Gasteiger partial charge < -0.3 is 9.47 Å². The third-order valence-electron chi connectivity index (χ3n) is 4.56. The van der Waals surface area contributed by atoms with E-state index in [0.717, 1.165) is 6.07 Å². The van der Waals surface area contributed by atoms with Gasteiger partial charge in [-0.25, -0.2) is 12.8 Å². The van der Waals surface area contributed by atoms with Crippen LogP contribution < -0.4 is 13.8 Å². The molecule has 8 heteroatoms. The van der Waals surface area contributed by atoms with Crippen molar-refractivity contribution in [1.82, 2.24) is 0 Å².